The monoisotopic (exact) mass is 391 g/mol. The maximum atomic E-state index is 12.6. The number of esters is 1. The quantitative estimate of drug-likeness (QED) is 0.196. The Balaban J connectivity index is 0.00000288. The van der Waals surface area contributed by atoms with Gasteiger partial charge in [0.25, 0.3) is 5.91 Å². The average molecular weight is 391 g/mol. The van der Waals surface area contributed by atoms with E-state index in [9.17, 15) is 37.8 Å². The first-order valence-corrected chi connectivity index (χ1v) is 7.82. The molecular formula is C12H11NNa2O9S. The Morgan fingerprint density at radius 3 is 2.20 bits per heavy atom. The van der Waals surface area contributed by atoms with Crippen LogP contribution in [0.15, 0.2) is 11.6 Å². The van der Waals surface area contributed by atoms with E-state index in [4.69, 9.17) is 0 Å². The van der Waals surface area contributed by atoms with Crippen molar-refractivity contribution in [3.63, 3.8) is 0 Å². The van der Waals surface area contributed by atoms with Crippen LogP contribution in [0.1, 0.15) is 13.8 Å². The zero-order valence-electron chi connectivity index (χ0n) is 14.0. The van der Waals surface area contributed by atoms with Crippen LogP contribution in [0.25, 0.3) is 0 Å². The third-order valence-corrected chi connectivity index (χ3v) is 6.57. The van der Waals surface area contributed by atoms with Crippen LogP contribution in [0.2, 0.25) is 0 Å². The third-order valence-electron chi connectivity index (χ3n) is 3.86. The van der Waals surface area contributed by atoms with Gasteiger partial charge in [0, 0.05) is 6.92 Å². The molecule has 0 bridgehead atoms. The molecule has 2 fully saturated rings. The molecule has 0 radical (unpaired) electrons. The molecule has 0 aromatic heterocycles. The van der Waals surface area contributed by atoms with Crippen molar-refractivity contribution in [2.24, 2.45) is 0 Å². The second kappa shape index (κ2) is 8.07. The van der Waals surface area contributed by atoms with E-state index in [-0.39, 0.29) is 59.1 Å². The summed E-state index contributed by atoms with van der Waals surface area (Å²) in [7, 11) is -4.40. The maximum Gasteiger partial charge on any atom is 1.00 e. The Morgan fingerprint density at radius 2 is 1.80 bits per heavy atom. The van der Waals surface area contributed by atoms with Crippen molar-refractivity contribution in [2.45, 2.75) is 30.0 Å². The molecule has 126 valence electrons. The molecule has 25 heavy (non-hydrogen) atoms. The summed E-state index contributed by atoms with van der Waals surface area (Å²) in [6.07, 6.45) is 0.310. The molecule has 0 unspecified atom stereocenters. The number of carbonyl (C=O) groups is 4. The summed E-state index contributed by atoms with van der Waals surface area (Å²) in [6.45, 7) is 1.18. The van der Waals surface area contributed by atoms with Gasteiger partial charge in [-0.25, -0.2) is 8.42 Å². The molecule has 2 heterocycles. The Kier molecular flexibility index (Phi) is 7.93. The van der Waals surface area contributed by atoms with Crippen molar-refractivity contribution in [1.82, 2.24) is 4.90 Å². The van der Waals surface area contributed by atoms with Crippen molar-refractivity contribution in [3.8, 4) is 0 Å². The number of aliphatic carboxylic acids is 2. The molecule has 2 saturated heterocycles. The molecule has 1 amide bonds. The van der Waals surface area contributed by atoms with Gasteiger partial charge in [-0.1, -0.05) is 0 Å². The number of hydrogen-bond donors (Lipinski definition) is 0. The minimum Gasteiger partial charge on any atom is -0.548 e. The van der Waals surface area contributed by atoms with Crippen molar-refractivity contribution in [2.75, 3.05) is 6.61 Å². The van der Waals surface area contributed by atoms with Gasteiger partial charge in [0.05, 0.1) is 23.6 Å². The van der Waals surface area contributed by atoms with Crippen LogP contribution in [0.3, 0.4) is 0 Å². The zero-order valence-corrected chi connectivity index (χ0v) is 18.8. The van der Waals surface area contributed by atoms with Crippen molar-refractivity contribution < 1.29 is 102 Å². The maximum absolute atomic E-state index is 12.6. The number of fused-ring (bicyclic) bond motifs is 1. The van der Waals surface area contributed by atoms with Crippen molar-refractivity contribution >= 4 is 33.7 Å². The molecule has 0 aliphatic carbocycles. The predicted octanol–water partition coefficient (Wildman–Crippen LogP) is -10.3. The van der Waals surface area contributed by atoms with E-state index in [2.05, 4.69) is 4.74 Å². The van der Waals surface area contributed by atoms with Crippen LogP contribution in [-0.2, 0) is 33.8 Å². The molecule has 0 N–H and O–H groups in total. The van der Waals surface area contributed by atoms with E-state index in [1.807, 2.05) is 0 Å². The normalized spacial score (nSPS) is 30.4. The van der Waals surface area contributed by atoms with E-state index < -0.39 is 62.0 Å². The Morgan fingerprint density at radius 1 is 1.28 bits per heavy atom. The van der Waals surface area contributed by atoms with Gasteiger partial charge in [-0.15, -0.1) is 0 Å². The topological polar surface area (TPSA) is 161 Å². The zero-order chi connectivity index (χ0) is 17.7. The smallest absolute Gasteiger partial charge is 0.548 e. The summed E-state index contributed by atoms with van der Waals surface area (Å²) in [6, 6.07) is -1.91. The number of sulfone groups is 1. The molecule has 10 nitrogen and oxygen atoms in total. The molecule has 2 aliphatic rings. The first kappa shape index (κ1) is 24.6. The molecular weight excluding hydrogens is 380 g/mol. The molecule has 0 spiro atoms. The Bertz CT molecular complexity index is 763. The fourth-order valence-electron chi connectivity index (χ4n) is 2.75. The number of amides is 1. The molecule has 0 aromatic rings. The van der Waals surface area contributed by atoms with Gasteiger partial charge < -0.3 is 29.4 Å². The number of hydrogen-bond acceptors (Lipinski definition) is 9. The molecule has 13 heteroatoms. The second-order valence-corrected chi connectivity index (χ2v) is 7.81. The van der Waals surface area contributed by atoms with Crippen LogP contribution >= 0.6 is 0 Å². The van der Waals surface area contributed by atoms with Crippen LogP contribution in [0.5, 0.6) is 0 Å². The summed E-state index contributed by atoms with van der Waals surface area (Å²) in [5.74, 6) is -5.55. The van der Waals surface area contributed by atoms with E-state index >= 15 is 0 Å². The Labute approximate surface area is 187 Å². The predicted molar refractivity (Wildman–Crippen MR) is 66.5 cm³/mol. The number of carboxylic acid groups (broad SMARTS) is 2. The summed E-state index contributed by atoms with van der Waals surface area (Å²) in [4.78, 5) is 45.3. The van der Waals surface area contributed by atoms with E-state index in [0.717, 1.165) is 13.8 Å². The fourth-order valence-corrected chi connectivity index (χ4v) is 5.02. The van der Waals surface area contributed by atoms with Crippen LogP contribution in [-0.4, -0.2) is 59.9 Å². The van der Waals surface area contributed by atoms with Gasteiger partial charge in [0.15, 0.2) is 15.2 Å². The second-order valence-electron chi connectivity index (χ2n) is 5.34. The number of rotatable bonds is 4. The van der Waals surface area contributed by atoms with Gasteiger partial charge in [-0.3, -0.25) is 9.59 Å². The largest absolute Gasteiger partial charge is 1.00 e. The Hall–Kier alpha value is -0.430. The number of carbonyl (C=O) groups excluding carboxylic acids is 4. The molecule has 0 saturated carbocycles. The van der Waals surface area contributed by atoms with Gasteiger partial charge in [-0.2, -0.15) is 0 Å². The van der Waals surface area contributed by atoms with Gasteiger partial charge in [0.2, 0.25) is 0 Å². The fraction of sp³-hybridized carbons (Fsp3) is 0.500. The van der Waals surface area contributed by atoms with Crippen LogP contribution < -0.4 is 69.3 Å². The number of ether oxygens (including phenoxy) is 1. The van der Waals surface area contributed by atoms with E-state index in [0.29, 0.717) is 11.0 Å². The standard InChI is InChI=1S/C12H13NO9S.2Na/c1-5(14)22-4-12(2)8(11(18)19)13-9(17)6(3-7(15)16)10(13)23(12,20)21;;/h3,8,10H,4H2,1-2H3,(H,15,16)(H,18,19);;/q;2*+1/p-2/b6-3+;;/t8-,10+,12-;;/m0../s1. The summed E-state index contributed by atoms with van der Waals surface area (Å²) in [5, 5.41) is 20.2. The minimum absolute atomic E-state index is 0. The third kappa shape index (κ3) is 3.68. The number of β-lactam (4-membered cyclic amide) rings is 1. The van der Waals surface area contributed by atoms with Crippen molar-refractivity contribution in [1.29, 1.82) is 0 Å². The molecule has 3 atom stereocenters. The molecule has 0 aromatic carbocycles. The van der Waals surface area contributed by atoms with E-state index in [1.54, 1.807) is 0 Å². The van der Waals surface area contributed by atoms with Crippen LogP contribution in [0, 0.1) is 0 Å². The van der Waals surface area contributed by atoms with E-state index in [1.165, 1.54) is 0 Å². The van der Waals surface area contributed by atoms with Gasteiger partial charge >= 0.3 is 65.1 Å². The molecule has 2 rings (SSSR count). The summed E-state index contributed by atoms with van der Waals surface area (Å²) in [5.41, 5.74) is -0.609. The van der Waals surface area contributed by atoms with Gasteiger partial charge in [-0.05, 0) is 13.0 Å². The first-order chi connectivity index (χ1) is 10.4. The van der Waals surface area contributed by atoms with Gasteiger partial charge in [0.1, 0.15) is 11.4 Å². The first-order valence-electron chi connectivity index (χ1n) is 6.28. The van der Waals surface area contributed by atoms with Crippen LogP contribution in [0.4, 0.5) is 0 Å². The summed E-state index contributed by atoms with van der Waals surface area (Å²) >= 11 is 0. The number of nitrogens with zero attached hydrogens (tertiary/aromatic N) is 1. The minimum atomic E-state index is -4.40. The number of carboxylic acids is 2. The average Bonchev–Trinajstić information content (AvgIpc) is 2.57. The SMILES string of the molecule is CC(=O)OC[C@@]1(C)[C@H](C(=O)[O-])N2C(=O)/C(=C\C(=O)[O-])[C@H]2S1(=O)=O.[Na+].[Na+]. The molecule has 2 aliphatic heterocycles. The summed E-state index contributed by atoms with van der Waals surface area (Å²) < 4.78 is 27.7. The van der Waals surface area contributed by atoms with Crippen molar-refractivity contribution in [3.05, 3.63) is 11.6 Å².